The number of halogens is 3. The van der Waals surface area contributed by atoms with E-state index in [1.807, 2.05) is 6.92 Å². The maximum Gasteiger partial charge on any atom is 0.391 e. The number of alkyl halides is 3. The van der Waals surface area contributed by atoms with E-state index in [1.54, 1.807) is 25.7 Å². The summed E-state index contributed by atoms with van der Waals surface area (Å²) >= 11 is 0. The Hall–Kier alpha value is -6.57. The molecule has 1 unspecified atom stereocenters. The zero-order valence-corrected chi connectivity index (χ0v) is 59.1. The lowest BCUT2D eigenvalue weighted by Crippen LogP contribution is -2.65. The van der Waals surface area contributed by atoms with Gasteiger partial charge in [0, 0.05) is 68.5 Å². The van der Waals surface area contributed by atoms with E-state index in [9.17, 15) is 56.3 Å². The minimum atomic E-state index is -4.35. The molecular formula is C69H111F3N12O12. The molecule has 3 aliphatic carbocycles. The molecule has 540 valence electrons. The standard InChI is InChI=1S/C69H111F3N12O12/c1-13-43(4)56-65(94)78(9)45(6)60(89)84-38-32-51(84)63(92)79(10)52(39-47-23-16-14-17-24-47)62(91)76(7)41-54(85)73-49(31-28-46-26-29-48(30-27-46)69(70,71)72)61(90)83-37-22-25-50(83)59(88)75-68(33-18-19-34-68)67(96)81(12)57(42(2)3)66(95)80(11)53(64(93)82-35-20-15-21-36-82)40-55(86)77(8)44(5)58(87)74-56/h42-53,56-57H,13-41H2,1-12H3,(H,73,85)(H,74,87)(H,75,88)/t43-,44-,45-,46?,48?,49?,50-,51-,52-,53-,56-,57-/m0/s1. The Morgan fingerprint density at radius 1 is 0.562 bits per heavy atom. The van der Waals surface area contributed by atoms with Crippen LogP contribution in [0.25, 0.3) is 0 Å². The van der Waals surface area contributed by atoms with Gasteiger partial charge in [0.05, 0.1) is 18.9 Å². The Balaban J connectivity index is 1.24. The largest absolute Gasteiger partial charge is 0.391 e. The fourth-order valence-electron chi connectivity index (χ4n) is 15.8. The van der Waals surface area contributed by atoms with Gasteiger partial charge in [0.1, 0.15) is 59.9 Å². The quantitative estimate of drug-likeness (QED) is 0.280. The van der Waals surface area contributed by atoms with E-state index in [2.05, 4.69) is 16.0 Å². The third-order valence-electron chi connectivity index (χ3n) is 22.8. The molecule has 10 atom stereocenters. The normalized spacial score (nSPS) is 30.9. The molecule has 27 heteroatoms. The molecule has 96 heavy (non-hydrogen) atoms. The second-order valence-electron chi connectivity index (χ2n) is 29.5. The predicted molar refractivity (Wildman–Crippen MR) is 351 cm³/mol. The number of fused-ring (bicyclic) bond motifs is 2. The van der Waals surface area contributed by atoms with Crippen molar-refractivity contribution in [1.82, 2.24) is 60.0 Å². The van der Waals surface area contributed by atoms with E-state index >= 15 is 14.4 Å². The highest BCUT2D eigenvalue weighted by molar-refractivity contribution is 6.01. The van der Waals surface area contributed by atoms with Crippen LogP contribution in [0.5, 0.6) is 0 Å². The fourth-order valence-corrected chi connectivity index (χ4v) is 15.8. The lowest BCUT2D eigenvalue weighted by atomic mass is 9.79. The average molecular weight is 1360 g/mol. The SMILES string of the molecule is CC[C@H](C)[C@@H]1NC(=O)[C@H](C)N(C)C(=O)C[C@@H](C(=O)N2CCCCC2)N(C)C(=O)[C@H](C(C)C)N(C)C(=O)C2(CCCC2)NC(=O)[C@@H]2CCCN2C(=O)C(CCC2CCC(C(F)(F)F)CC2)NC(=O)CN(C)C(=O)[C@H](CC2CCCCC2)N(C)C(=O)[C@@H]2CCN2C(=O)[C@H](C)N(C)C1=O. The van der Waals surface area contributed by atoms with Crippen LogP contribution < -0.4 is 16.0 Å². The number of nitrogens with one attached hydrogen (secondary N) is 3. The maximum atomic E-state index is 15.4. The summed E-state index contributed by atoms with van der Waals surface area (Å²) in [6.45, 7) is 10.5. The van der Waals surface area contributed by atoms with E-state index in [0.717, 1.165) is 43.4 Å². The number of rotatable bonds is 9. The Bertz CT molecular complexity index is 2820. The molecule has 1 spiro atoms. The first-order valence-electron chi connectivity index (χ1n) is 35.7. The average Bonchev–Trinajstić information content (AvgIpc) is 1.22. The molecule has 0 aromatic carbocycles. The second-order valence-corrected chi connectivity index (χ2v) is 29.5. The summed E-state index contributed by atoms with van der Waals surface area (Å²) < 4.78 is 41.5. The molecule has 4 heterocycles. The van der Waals surface area contributed by atoms with Gasteiger partial charge in [-0.2, -0.15) is 13.2 Å². The first-order chi connectivity index (χ1) is 45.2. The molecule has 3 saturated carbocycles. The number of likely N-dealkylation sites (tertiary alicyclic amines) is 1. The molecule has 0 aromatic rings. The number of piperidine rings is 1. The number of amides is 12. The van der Waals surface area contributed by atoms with Gasteiger partial charge in [-0.05, 0) is 134 Å². The molecule has 7 aliphatic rings. The highest BCUT2D eigenvalue weighted by atomic mass is 19.4. The monoisotopic (exact) mass is 1360 g/mol. The van der Waals surface area contributed by atoms with Crippen molar-refractivity contribution in [1.29, 1.82) is 0 Å². The molecule has 24 nitrogen and oxygen atoms in total. The van der Waals surface area contributed by atoms with Crippen LogP contribution >= 0.6 is 0 Å². The van der Waals surface area contributed by atoms with Crippen LogP contribution in [0.1, 0.15) is 196 Å². The summed E-state index contributed by atoms with van der Waals surface area (Å²) in [5.41, 5.74) is -1.54. The van der Waals surface area contributed by atoms with Gasteiger partial charge in [0.15, 0.2) is 0 Å². The Kier molecular flexibility index (Phi) is 26.7. The third-order valence-corrected chi connectivity index (χ3v) is 22.8. The van der Waals surface area contributed by atoms with Crippen LogP contribution in [-0.4, -0.2) is 256 Å². The van der Waals surface area contributed by atoms with Crippen molar-refractivity contribution in [2.45, 2.75) is 262 Å². The van der Waals surface area contributed by atoms with E-state index in [0.29, 0.717) is 51.6 Å². The molecule has 3 N–H and O–H groups in total. The Morgan fingerprint density at radius 2 is 1.18 bits per heavy atom. The van der Waals surface area contributed by atoms with Crippen molar-refractivity contribution in [3.05, 3.63) is 0 Å². The summed E-state index contributed by atoms with van der Waals surface area (Å²) in [5, 5.41) is 8.74. The van der Waals surface area contributed by atoms with Crippen molar-refractivity contribution < 1.29 is 70.7 Å². The van der Waals surface area contributed by atoms with Crippen molar-refractivity contribution in [3.63, 3.8) is 0 Å². The van der Waals surface area contributed by atoms with Crippen LogP contribution in [0.4, 0.5) is 13.2 Å². The molecule has 7 rings (SSSR count). The number of likely N-dealkylation sites (N-methyl/N-ethyl adjacent to an activating group) is 6. The lowest BCUT2D eigenvalue weighted by molar-refractivity contribution is -0.184. The van der Waals surface area contributed by atoms with Gasteiger partial charge >= 0.3 is 6.18 Å². The molecule has 0 bridgehead atoms. The smallest absolute Gasteiger partial charge is 0.343 e. The molecule has 4 saturated heterocycles. The van der Waals surface area contributed by atoms with Crippen molar-refractivity contribution in [3.8, 4) is 0 Å². The van der Waals surface area contributed by atoms with Gasteiger partial charge in [-0.25, -0.2) is 0 Å². The van der Waals surface area contributed by atoms with Crippen LogP contribution in [-0.2, 0) is 57.5 Å². The minimum absolute atomic E-state index is 0.00487. The predicted octanol–water partition coefficient (Wildman–Crippen LogP) is 4.85. The third kappa shape index (κ3) is 17.8. The van der Waals surface area contributed by atoms with Crippen LogP contribution in [0.15, 0.2) is 0 Å². The highest BCUT2D eigenvalue weighted by Gasteiger charge is 2.52. The van der Waals surface area contributed by atoms with Gasteiger partial charge in [-0.1, -0.05) is 79.1 Å². The lowest BCUT2D eigenvalue weighted by Gasteiger charge is -2.45. The van der Waals surface area contributed by atoms with E-state index in [4.69, 9.17) is 0 Å². The van der Waals surface area contributed by atoms with Gasteiger partial charge in [-0.3, -0.25) is 57.5 Å². The number of carbonyl (C=O) groups excluding carboxylic acids is 12. The minimum Gasteiger partial charge on any atom is -0.343 e. The van der Waals surface area contributed by atoms with E-state index < -0.39 is 168 Å². The van der Waals surface area contributed by atoms with Crippen LogP contribution in [0.2, 0.25) is 0 Å². The summed E-state index contributed by atoms with van der Waals surface area (Å²) in [5.74, 6) is -10.0. The molecule has 7 fully saturated rings. The fraction of sp³-hybridized carbons (Fsp3) is 0.826. The summed E-state index contributed by atoms with van der Waals surface area (Å²) in [4.78, 5) is 190. The molecule has 0 radical (unpaired) electrons. The van der Waals surface area contributed by atoms with Crippen molar-refractivity contribution in [2.75, 3.05) is 75.0 Å². The van der Waals surface area contributed by atoms with Gasteiger partial charge in [-0.15, -0.1) is 0 Å². The number of hydrogen-bond donors (Lipinski definition) is 3. The summed E-state index contributed by atoms with van der Waals surface area (Å²) in [6.07, 6.45) is 5.36. The highest BCUT2D eigenvalue weighted by Crippen LogP contribution is 2.41. The zero-order chi connectivity index (χ0) is 70.8. The Labute approximate surface area is 565 Å². The van der Waals surface area contributed by atoms with Gasteiger partial charge in [0.2, 0.25) is 70.9 Å². The number of carbonyl (C=O) groups is 12. The van der Waals surface area contributed by atoms with E-state index in [1.165, 1.54) is 90.4 Å². The second kappa shape index (κ2) is 33.3. The molecule has 0 aromatic heterocycles. The van der Waals surface area contributed by atoms with Crippen molar-refractivity contribution in [2.24, 2.45) is 29.6 Å². The van der Waals surface area contributed by atoms with Gasteiger partial charge < -0.3 is 60.0 Å². The summed E-state index contributed by atoms with van der Waals surface area (Å²) in [6, 6.07) is -10.7. The van der Waals surface area contributed by atoms with Crippen LogP contribution in [0.3, 0.4) is 0 Å². The van der Waals surface area contributed by atoms with Crippen LogP contribution in [0, 0.1) is 29.6 Å². The van der Waals surface area contributed by atoms with E-state index in [-0.39, 0.29) is 95.6 Å². The topological polar surface area (TPSA) is 270 Å². The van der Waals surface area contributed by atoms with Crippen molar-refractivity contribution >= 4 is 70.9 Å². The summed E-state index contributed by atoms with van der Waals surface area (Å²) in [7, 11) is 8.61. The first-order valence-corrected chi connectivity index (χ1v) is 35.7. The first kappa shape index (κ1) is 76.8. The Morgan fingerprint density at radius 3 is 1.76 bits per heavy atom. The molecular weight excluding hydrogens is 1250 g/mol. The maximum absolute atomic E-state index is 15.4. The molecule has 4 aliphatic heterocycles. The molecule has 12 amide bonds. The van der Waals surface area contributed by atoms with Gasteiger partial charge in [0.25, 0.3) is 0 Å². The number of hydrogen-bond acceptors (Lipinski definition) is 12. The number of nitrogens with zero attached hydrogens (tertiary/aromatic N) is 9. The zero-order valence-electron chi connectivity index (χ0n) is 59.1.